The lowest BCUT2D eigenvalue weighted by atomic mass is 9.83. The van der Waals surface area contributed by atoms with E-state index in [1.54, 1.807) is 26.8 Å². The van der Waals surface area contributed by atoms with Gasteiger partial charge in [0, 0.05) is 6.07 Å². The van der Waals surface area contributed by atoms with Crippen molar-refractivity contribution in [2.45, 2.75) is 26.2 Å². The minimum Gasteiger partial charge on any atom is -0.490 e. The minimum absolute atomic E-state index is 0.0810. The van der Waals surface area contributed by atoms with Gasteiger partial charge in [0.05, 0.1) is 23.5 Å². The Morgan fingerprint density at radius 1 is 1.47 bits per heavy atom. The van der Waals surface area contributed by atoms with Crippen molar-refractivity contribution < 1.29 is 9.66 Å². The van der Waals surface area contributed by atoms with Crippen molar-refractivity contribution in [2.75, 3.05) is 7.11 Å². The number of nitriles is 1. The zero-order valence-electron chi connectivity index (χ0n) is 10.3. The van der Waals surface area contributed by atoms with Gasteiger partial charge in [0.25, 0.3) is 0 Å². The molecule has 5 nitrogen and oxygen atoms in total. The summed E-state index contributed by atoms with van der Waals surface area (Å²) in [5.41, 5.74) is 0.668. The lowest BCUT2D eigenvalue weighted by Gasteiger charge is -2.19. The van der Waals surface area contributed by atoms with E-state index in [1.165, 1.54) is 13.2 Å². The van der Waals surface area contributed by atoms with E-state index < -0.39 is 10.3 Å². The Labute approximate surface area is 99.8 Å². The van der Waals surface area contributed by atoms with Gasteiger partial charge in [-0.05, 0) is 38.0 Å². The van der Waals surface area contributed by atoms with Gasteiger partial charge in [-0.3, -0.25) is 10.1 Å². The monoisotopic (exact) mass is 234 g/mol. The first-order chi connectivity index (χ1) is 7.83. The van der Waals surface area contributed by atoms with E-state index in [0.717, 1.165) is 5.56 Å². The Morgan fingerprint density at radius 3 is 2.47 bits per heavy atom. The van der Waals surface area contributed by atoms with Gasteiger partial charge in [0.2, 0.25) is 0 Å². The van der Waals surface area contributed by atoms with Gasteiger partial charge in [0.15, 0.2) is 5.75 Å². The molecule has 0 heterocycles. The summed E-state index contributed by atoms with van der Waals surface area (Å²) in [5, 5.41) is 19.9. The molecule has 0 aromatic heterocycles. The van der Waals surface area contributed by atoms with Crippen LogP contribution >= 0.6 is 0 Å². The molecule has 17 heavy (non-hydrogen) atoms. The van der Waals surface area contributed by atoms with Crippen molar-refractivity contribution in [3.05, 3.63) is 33.4 Å². The molecule has 0 fully saturated rings. The number of hydrogen-bond donors (Lipinski definition) is 0. The van der Waals surface area contributed by atoms with Crippen LogP contribution in [0.1, 0.15) is 25.0 Å². The highest BCUT2D eigenvalue weighted by Crippen LogP contribution is 2.35. The summed E-state index contributed by atoms with van der Waals surface area (Å²) in [6.45, 7) is 5.28. The molecule has 0 saturated carbocycles. The molecule has 0 aliphatic carbocycles. The number of nitrogens with zero attached hydrogens (tertiary/aromatic N) is 2. The Kier molecular flexibility index (Phi) is 3.37. The van der Waals surface area contributed by atoms with Gasteiger partial charge < -0.3 is 4.74 Å². The molecule has 1 rings (SSSR count). The van der Waals surface area contributed by atoms with Crippen LogP contribution in [0.4, 0.5) is 5.69 Å². The highest BCUT2D eigenvalue weighted by molar-refractivity contribution is 5.54. The normalized spacial score (nSPS) is 10.8. The van der Waals surface area contributed by atoms with Crippen LogP contribution < -0.4 is 4.74 Å². The molecule has 0 unspecified atom stereocenters. The molecule has 0 radical (unpaired) electrons. The van der Waals surface area contributed by atoms with Gasteiger partial charge >= 0.3 is 5.69 Å². The summed E-state index contributed by atoms with van der Waals surface area (Å²) in [6.07, 6.45) is 0. The summed E-state index contributed by atoms with van der Waals surface area (Å²) >= 11 is 0. The molecule has 0 amide bonds. The van der Waals surface area contributed by atoms with Gasteiger partial charge in [-0.2, -0.15) is 5.26 Å². The summed E-state index contributed by atoms with van der Waals surface area (Å²) in [5.74, 6) is 0.180. The van der Waals surface area contributed by atoms with Crippen LogP contribution in [0.3, 0.4) is 0 Å². The summed E-state index contributed by atoms with van der Waals surface area (Å²) in [4.78, 5) is 10.3. The average molecular weight is 234 g/mol. The molecular formula is C12H14N2O3. The lowest BCUT2D eigenvalue weighted by Crippen LogP contribution is -2.16. The molecule has 0 saturated heterocycles. The molecule has 0 bridgehead atoms. The van der Waals surface area contributed by atoms with Gasteiger partial charge in [-0.25, -0.2) is 0 Å². The third-order valence-electron chi connectivity index (χ3n) is 2.68. The quantitative estimate of drug-likeness (QED) is 0.595. The molecule has 1 aromatic carbocycles. The van der Waals surface area contributed by atoms with E-state index in [9.17, 15) is 10.1 Å². The van der Waals surface area contributed by atoms with Crippen LogP contribution in [0.2, 0.25) is 0 Å². The van der Waals surface area contributed by atoms with Crippen LogP contribution in [0.15, 0.2) is 12.1 Å². The van der Waals surface area contributed by atoms with Crippen molar-refractivity contribution >= 4 is 5.69 Å². The molecule has 0 aliphatic rings. The van der Waals surface area contributed by atoms with E-state index in [0.29, 0.717) is 5.56 Å². The van der Waals surface area contributed by atoms with Crippen LogP contribution in [0.25, 0.3) is 0 Å². The first-order valence-corrected chi connectivity index (χ1v) is 5.08. The molecule has 5 heteroatoms. The second-order valence-electron chi connectivity index (χ2n) is 4.33. The van der Waals surface area contributed by atoms with E-state index >= 15 is 0 Å². The number of ether oxygens (including phenoxy) is 1. The third-order valence-corrected chi connectivity index (χ3v) is 2.68. The Hall–Kier alpha value is -2.09. The number of nitro groups is 1. The molecule has 0 spiro atoms. The molecular weight excluding hydrogens is 220 g/mol. The predicted molar refractivity (Wildman–Crippen MR) is 63.0 cm³/mol. The smallest absolute Gasteiger partial charge is 0.311 e. The van der Waals surface area contributed by atoms with E-state index in [1.807, 2.05) is 0 Å². The zero-order valence-corrected chi connectivity index (χ0v) is 10.3. The van der Waals surface area contributed by atoms with Crippen LogP contribution in [0, 0.1) is 28.4 Å². The highest BCUT2D eigenvalue weighted by Gasteiger charge is 2.26. The minimum atomic E-state index is -0.702. The van der Waals surface area contributed by atoms with Crippen molar-refractivity contribution in [3.8, 4) is 11.8 Å². The lowest BCUT2D eigenvalue weighted by molar-refractivity contribution is -0.385. The van der Waals surface area contributed by atoms with E-state index in [4.69, 9.17) is 10.00 Å². The number of methoxy groups -OCH3 is 1. The third kappa shape index (κ3) is 2.36. The number of benzene rings is 1. The molecule has 1 aromatic rings. The number of hydrogen-bond acceptors (Lipinski definition) is 4. The van der Waals surface area contributed by atoms with Crippen LogP contribution in [-0.2, 0) is 5.41 Å². The Bertz CT molecular complexity index is 501. The predicted octanol–water partition coefficient (Wildman–Crippen LogP) is 2.71. The first-order valence-electron chi connectivity index (χ1n) is 5.08. The standard InChI is InChI=1S/C12H14N2O3/c1-8-5-10(14(15)16)11(17-4)6-9(8)12(2,3)7-13/h5-6H,1-4H3. The topological polar surface area (TPSA) is 76.2 Å². The molecule has 0 aliphatic heterocycles. The molecule has 0 atom stereocenters. The SMILES string of the molecule is COc1cc(C(C)(C)C#N)c(C)cc1[N+](=O)[O-]. The summed E-state index contributed by atoms with van der Waals surface area (Å²) < 4.78 is 4.99. The fourth-order valence-electron chi connectivity index (χ4n) is 1.71. The fraction of sp³-hybridized carbons (Fsp3) is 0.417. The molecule has 0 N–H and O–H groups in total. The summed E-state index contributed by atoms with van der Waals surface area (Å²) in [7, 11) is 1.38. The van der Waals surface area contributed by atoms with Crippen LogP contribution in [0.5, 0.6) is 5.75 Å². The number of nitro benzene ring substituents is 1. The largest absolute Gasteiger partial charge is 0.490 e. The van der Waals surface area contributed by atoms with Crippen molar-refractivity contribution in [1.82, 2.24) is 0 Å². The zero-order chi connectivity index (χ0) is 13.2. The van der Waals surface area contributed by atoms with Crippen molar-refractivity contribution in [3.63, 3.8) is 0 Å². The maximum absolute atomic E-state index is 10.8. The maximum atomic E-state index is 10.8. The van der Waals surface area contributed by atoms with E-state index in [2.05, 4.69) is 6.07 Å². The van der Waals surface area contributed by atoms with Gasteiger partial charge in [0.1, 0.15) is 0 Å². The van der Waals surface area contributed by atoms with Crippen molar-refractivity contribution in [2.24, 2.45) is 0 Å². The second kappa shape index (κ2) is 4.42. The maximum Gasteiger partial charge on any atom is 0.311 e. The number of aryl methyl sites for hydroxylation is 1. The van der Waals surface area contributed by atoms with Gasteiger partial charge in [-0.1, -0.05) is 0 Å². The Balaban J connectivity index is 3.49. The van der Waals surface area contributed by atoms with Crippen molar-refractivity contribution in [1.29, 1.82) is 5.26 Å². The van der Waals surface area contributed by atoms with E-state index in [-0.39, 0.29) is 11.4 Å². The first kappa shape index (κ1) is 13.0. The average Bonchev–Trinajstić information content (AvgIpc) is 2.28. The fourth-order valence-corrected chi connectivity index (χ4v) is 1.71. The number of rotatable bonds is 3. The van der Waals surface area contributed by atoms with Gasteiger partial charge in [-0.15, -0.1) is 0 Å². The molecule has 90 valence electrons. The summed E-state index contributed by atoms with van der Waals surface area (Å²) in [6, 6.07) is 5.18. The second-order valence-corrected chi connectivity index (χ2v) is 4.33. The highest BCUT2D eigenvalue weighted by atomic mass is 16.6. The Morgan fingerprint density at radius 2 is 2.06 bits per heavy atom. The van der Waals surface area contributed by atoms with Crippen LogP contribution in [-0.4, -0.2) is 12.0 Å².